The molecule has 21 heavy (non-hydrogen) atoms. The predicted octanol–water partition coefficient (Wildman–Crippen LogP) is 2.02. The molecular formula is C16H20N2O3. The number of fused-ring (bicyclic) bond motifs is 1. The maximum atomic E-state index is 12.0. The molecule has 0 unspecified atom stereocenters. The number of hydrogen-bond acceptors (Lipinski definition) is 3. The number of hydrogen-bond donors (Lipinski definition) is 1. The maximum absolute atomic E-state index is 12.0. The van der Waals surface area contributed by atoms with Gasteiger partial charge in [0.15, 0.2) is 0 Å². The van der Waals surface area contributed by atoms with Gasteiger partial charge in [0.1, 0.15) is 6.54 Å². The number of ether oxygens (including phenoxy) is 1. The van der Waals surface area contributed by atoms with Crippen molar-refractivity contribution in [3.8, 4) is 0 Å². The summed E-state index contributed by atoms with van der Waals surface area (Å²) >= 11 is 0. The second-order valence-electron chi connectivity index (χ2n) is 4.84. The molecule has 5 nitrogen and oxygen atoms in total. The van der Waals surface area contributed by atoms with Crippen LogP contribution in [0.4, 0.5) is 0 Å². The van der Waals surface area contributed by atoms with Crippen LogP contribution in [-0.2, 0) is 20.9 Å². The number of benzene rings is 1. The lowest BCUT2D eigenvalue weighted by atomic mass is 10.2. The van der Waals surface area contributed by atoms with E-state index in [1.165, 1.54) is 0 Å². The molecule has 112 valence electrons. The van der Waals surface area contributed by atoms with E-state index in [0.29, 0.717) is 13.2 Å². The van der Waals surface area contributed by atoms with Gasteiger partial charge in [0.2, 0.25) is 5.91 Å². The van der Waals surface area contributed by atoms with Crippen LogP contribution in [0.25, 0.3) is 10.9 Å². The van der Waals surface area contributed by atoms with E-state index in [4.69, 9.17) is 4.74 Å². The Morgan fingerprint density at radius 3 is 2.81 bits per heavy atom. The Morgan fingerprint density at radius 1 is 1.29 bits per heavy atom. The molecule has 0 aliphatic rings. The van der Waals surface area contributed by atoms with Gasteiger partial charge in [0, 0.05) is 17.8 Å². The third-order valence-corrected chi connectivity index (χ3v) is 3.28. The number of amides is 1. The molecule has 0 atom stereocenters. The Morgan fingerprint density at radius 2 is 2.05 bits per heavy atom. The second kappa shape index (κ2) is 6.92. The lowest BCUT2D eigenvalue weighted by molar-refractivity contribution is -0.143. The van der Waals surface area contributed by atoms with Gasteiger partial charge in [-0.2, -0.15) is 0 Å². The molecule has 0 aliphatic heterocycles. The number of rotatable bonds is 6. The van der Waals surface area contributed by atoms with E-state index in [9.17, 15) is 9.59 Å². The van der Waals surface area contributed by atoms with Crippen molar-refractivity contribution < 1.29 is 14.3 Å². The van der Waals surface area contributed by atoms with Gasteiger partial charge in [-0.15, -0.1) is 0 Å². The number of aryl methyl sites for hydroxylation is 1. The minimum absolute atomic E-state index is 0.108. The van der Waals surface area contributed by atoms with Crippen LogP contribution in [0.3, 0.4) is 0 Å². The van der Waals surface area contributed by atoms with Crippen molar-refractivity contribution in [1.29, 1.82) is 0 Å². The number of nitrogens with zero attached hydrogens (tertiary/aromatic N) is 1. The first kappa shape index (κ1) is 15.1. The smallest absolute Gasteiger partial charge is 0.307 e. The third kappa shape index (κ3) is 3.84. The van der Waals surface area contributed by atoms with Gasteiger partial charge < -0.3 is 14.6 Å². The average Bonchev–Trinajstić information content (AvgIpc) is 2.76. The maximum Gasteiger partial charge on any atom is 0.307 e. The van der Waals surface area contributed by atoms with Crippen molar-refractivity contribution >= 4 is 22.8 Å². The summed E-state index contributed by atoms with van der Waals surface area (Å²) in [5.74, 6) is -0.399. The van der Waals surface area contributed by atoms with Crippen LogP contribution in [-0.4, -0.2) is 29.6 Å². The van der Waals surface area contributed by atoms with Crippen LogP contribution in [0.1, 0.15) is 19.0 Å². The van der Waals surface area contributed by atoms with Gasteiger partial charge in [-0.25, -0.2) is 0 Å². The molecule has 1 aromatic heterocycles. The fraction of sp³-hybridized carbons (Fsp3) is 0.375. The van der Waals surface area contributed by atoms with Crippen molar-refractivity contribution in [2.45, 2.75) is 26.8 Å². The first-order chi connectivity index (χ1) is 10.1. The number of carbonyl (C=O) groups is 2. The lowest BCUT2D eigenvalue weighted by Crippen LogP contribution is -2.30. The number of nitrogens with one attached hydrogen (secondary N) is 1. The highest BCUT2D eigenvalue weighted by atomic mass is 16.5. The predicted molar refractivity (Wildman–Crippen MR) is 80.9 cm³/mol. The van der Waals surface area contributed by atoms with Crippen LogP contribution in [0.15, 0.2) is 30.3 Å². The summed E-state index contributed by atoms with van der Waals surface area (Å²) in [6.07, 6.45) is 0.199. The molecule has 0 spiro atoms. The summed E-state index contributed by atoms with van der Waals surface area (Å²) < 4.78 is 6.78. The van der Waals surface area contributed by atoms with Crippen LogP contribution >= 0.6 is 0 Å². The van der Waals surface area contributed by atoms with Crippen LogP contribution in [0, 0.1) is 6.92 Å². The van der Waals surface area contributed by atoms with Crippen molar-refractivity contribution in [1.82, 2.24) is 9.88 Å². The highest BCUT2D eigenvalue weighted by Gasteiger charge is 2.09. The van der Waals surface area contributed by atoms with E-state index in [2.05, 4.69) is 11.4 Å². The molecule has 1 heterocycles. The first-order valence-electron chi connectivity index (χ1n) is 7.09. The molecule has 1 N–H and O–H groups in total. The molecule has 0 aliphatic carbocycles. The fourth-order valence-electron chi connectivity index (χ4n) is 2.29. The molecule has 0 saturated carbocycles. The van der Waals surface area contributed by atoms with Gasteiger partial charge in [-0.1, -0.05) is 18.2 Å². The number of para-hydroxylation sites is 1. The Bertz CT molecular complexity index is 646. The molecule has 0 bridgehead atoms. The zero-order chi connectivity index (χ0) is 15.2. The third-order valence-electron chi connectivity index (χ3n) is 3.28. The van der Waals surface area contributed by atoms with Crippen molar-refractivity contribution in [3.63, 3.8) is 0 Å². The summed E-state index contributed by atoms with van der Waals surface area (Å²) in [6.45, 7) is 4.65. The molecule has 1 aromatic carbocycles. The Kier molecular flexibility index (Phi) is 4.98. The first-order valence-corrected chi connectivity index (χ1v) is 7.09. The van der Waals surface area contributed by atoms with Crippen molar-refractivity contribution in [3.05, 3.63) is 36.0 Å². The van der Waals surface area contributed by atoms with Gasteiger partial charge in [-0.05, 0) is 31.4 Å². The molecule has 0 radical (unpaired) electrons. The zero-order valence-corrected chi connectivity index (χ0v) is 12.4. The summed E-state index contributed by atoms with van der Waals surface area (Å²) in [7, 11) is 0. The van der Waals surface area contributed by atoms with Crippen molar-refractivity contribution in [2.75, 3.05) is 13.2 Å². The van der Waals surface area contributed by atoms with E-state index in [1.54, 1.807) is 6.92 Å². The van der Waals surface area contributed by atoms with E-state index < -0.39 is 0 Å². The zero-order valence-electron chi connectivity index (χ0n) is 12.4. The normalized spacial score (nSPS) is 10.6. The topological polar surface area (TPSA) is 60.3 Å². The van der Waals surface area contributed by atoms with E-state index >= 15 is 0 Å². The molecule has 2 rings (SSSR count). The molecular weight excluding hydrogens is 268 g/mol. The monoisotopic (exact) mass is 288 g/mol. The highest BCUT2D eigenvalue weighted by molar-refractivity contribution is 5.84. The summed E-state index contributed by atoms with van der Waals surface area (Å²) in [6, 6.07) is 10.0. The second-order valence-corrected chi connectivity index (χ2v) is 4.84. The van der Waals surface area contributed by atoms with Gasteiger partial charge in [0.05, 0.1) is 13.0 Å². The molecule has 0 saturated heterocycles. The molecule has 1 amide bonds. The van der Waals surface area contributed by atoms with Gasteiger partial charge in [-0.3, -0.25) is 9.59 Å². The lowest BCUT2D eigenvalue weighted by Gasteiger charge is -2.09. The van der Waals surface area contributed by atoms with Crippen LogP contribution in [0.5, 0.6) is 0 Å². The van der Waals surface area contributed by atoms with Gasteiger partial charge >= 0.3 is 5.97 Å². The summed E-state index contributed by atoms with van der Waals surface area (Å²) in [4.78, 5) is 23.2. The SMILES string of the molecule is CCOC(=O)CCNC(=O)Cn1c(C)cc2ccccc21. The Labute approximate surface area is 123 Å². The minimum Gasteiger partial charge on any atom is -0.466 e. The number of esters is 1. The van der Waals surface area contributed by atoms with Crippen LogP contribution in [0.2, 0.25) is 0 Å². The molecule has 5 heteroatoms. The molecule has 2 aromatic rings. The van der Waals surface area contributed by atoms with Gasteiger partial charge in [0.25, 0.3) is 0 Å². The highest BCUT2D eigenvalue weighted by Crippen LogP contribution is 2.18. The minimum atomic E-state index is -0.291. The standard InChI is InChI=1S/C16H20N2O3/c1-3-21-16(20)8-9-17-15(19)11-18-12(2)10-13-6-4-5-7-14(13)18/h4-7,10H,3,8-9,11H2,1-2H3,(H,17,19). The summed E-state index contributed by atoms with van der Waals surface area (Å²) in [5, 5.41) is 3.86. The van der Waals surface area contributed by atoms with E-state index in [0.717, 1.165) is 16.6 Å². The largest absolute Gasteiger partial charge is 0.466 e. The Balaban J connectivity index is 1.93. The number of carbonyl (C=O) groups excluding carboxylic acids is 2. The fourth-order valence-corrected chi connectivity index (χ4v) is 2.29. The number of aromatic nitrogens is 1. The van der Waals surface area contributed by atoms with E-state index in [-0.39, 0.29) is 24.8 Å². The quantitative estimate of drug-likeness (QED) is 0.827. The summed E-state index contributed by atoms with van der Waals surface area (Å²) in [5.41, 5.74) is 2.08. The van der Waals surface area contributed by atoms with E-state index in [1.807, 2.05) is 35.8 Å². The Hall–Kier alpha value is -2.30. The van der Waals surface area contributed by atoms with Crippen molar-refractivity contribution in [2.24, 2.45) is 0 Å². The molecule has 0 fully saturated rings. The van der Waals surface area contributed by atoms with Crippen LogP contribution < -0.4 is 5.32 Å². The average molecular weight is 288 g/mol.